The lowest BCUT2D eigenvalue weighted by molar-refractivity contribution is -0.119. The fourth-order valence-corrected chi connectivity index (χ4v) is 7.27. The van der Waals surface area contributed by atoms with E-state index in [1.807, 2.05) is 84.5 Å². The molecule has 6 aromatic heterocycles. The van der Waals surface area contributed by atoms with Gasteiger partial charge >= 0.3 is 6.09 Å². The van der Waals surface area contributed by atoms with Crippen LogP contribution in [-0.2, 0) is 9.53 Å². The molecule has 0 bridgehead atoms. The van der Waals surface area contributed by atoms with Crippen LogP contribution in [0.4, 0.5) is 16.4 Å². The van der Waals surface area contributed by atoms with Gasteiger partial charge in [-0.15, -0.1) is 0 Å². The Morgan fingerprint density at radius 1 is 0.800 bits per heavy atom. The van der Waals surface area contributed by atoms with Crippen molar-refractivity contribution in [2.45, 2.75) is 70.5 Å². The molecule has 2 aliphatic rings. The smallest absolute Gasteiger partial charge is 0.409 e. The van der Waals surface area contributed by atoms with E-state index in [0.29, 0.717) is 37.3 Å². The summed E-state index contributed by atoms with van der Waals surface area (Å²) in [5.74, 6) is 1.69. The van der Waals surface area contributed by atoms with Gasteiger partial charge in [0.15, 0.2) is 0 Å². The molecule has 1 aliphatic heterocycles. The molecule has 1 saturated carbocycles. The van der Waals surface area contributed by atoms with Gasteiger partial charge in [0.2, 0.25) is 5.91 Å². The van der Waals surface area contributed by atoms with Crippen LogP contribution in [0.1, 0.15) is 57.9 Å². The van der Waals surface area contributed by atoms with Crippen molar-refractivity contribution < 1.29 is 14.3 Å². The highest BCUT2D eigenvalue weighted by Gasteiger charge is 2.25. The van der Waals surface area contributed by atoms with E-state index < -0.39 is 0 Å². The molecule has 6 aromatic rings. The minimum absolute atomic E-state index is 0.0594. The van der Waals surface area contributed by atoms with E-state index in [1.165, 1.54) is 0 Å². The molecule has 3 N–H and O–H groups in total. The lowest BCUT2D eigenvalue weighted by atomic mass is 9.91. The van der Waals surface area contributed by atoms with Crippen molar-refractivity contribution >= 4 is 34.7 Å². The molecule has 8 rings (SSSR count). The Kier molecular flexibility index (Phi) is 11.5. The summed E-state index contributed by atoms with van der Waals surface area (Å²) in [4.78, 5) is 34.5. The van der Waals surface area contributed by atoms with Gasteiger partial charge in [-0.1, -0.05) is 18.2 Å². The molecule has 0 aromatic carbocycles. The second-order valence-corrected chi connectivity index (χ2v) is 13.8. The zero-order valence-corrected chi connectivity index (χ0v) is 31.1. The summed E-state index contributed by atoms with van der Waals surface area (Å²) in [5.41, 5.74) is 6.05. The average molecular weight is 740 g/mol. The van der Waals surface area contributed by atoms with E-state index >= 15 is 0 Å². The van der Waals surface area contributed by atoms with E-state index in [2.05, 4.69) is 32.2 Å². The summed E-state index contributed by atoms with van der Waals surface area (Å²) in [7, 11) is 0. The molecular weight excluding hydrogens is 695 g/mol. The van der Waals surface area contributed by atoms with Crippen LogP contribution in [0, 0.1) is 11.3 Å². The van der Waals surface area contributed by atoms with Gasteiger partial charge in [-0.3, -0.25) is 4.79 Å². The van der Waals surface area contributed by atoms with Crippen molar-refractivity contribution in [2.24, 2.45) is 0 Å². The molecule has 55 heavy (non-hydrogen) atoms. The molecule has 1 atom stereocenters. The van der Waals surface area contributed by atoms with Gasteiger partial charge in [0.25, 0.3) is 0 Å². The van der Waals surface area contributed by atoms with Crippen LogP contribution in [0.15, 0.2) is 91.5 Å². The number of nitriles is 1. The van der Waals surface area contributed by atoms with Gasteiger partial charge < -0.3 is 25.6 Å². The van der Waals surface area contributed by atoms with Crippen LogP contribution in [0.2, 0.25) is 0 Å². The van der Waals surface area contributed by atoms with Crippen LogP contribution in [0.5, 0.6) is 0 Å². The summed E-state index contributed by atoms with van der Waals surface area (Å²) in [6.45, 7) is 5.08. The Labute approximate surface area is 319 Å². The number of carbonyl (C=O) groups is 2. The van der Waals surface area contributed by atoms with Gasteiger partial charge in [-0.25, -0.2) is 23.8 Å². The Morgan fingerprint density at radius 3 is 2.13 bits per heavy atom. The lowest BCUT2D eigenvalue weighted by Gasteiger charge is -2.32. The second kappa shape index (κ2) is 17.1. The van der Waals surface area contributed by atoms with Crippen molar-refractivity contribution in [1.82, 2.24) is 39.4 Å². The summed E-state index contributed by atoms with van der Waals surface area (Å²) < 4.78 is 8.71. The first kappa shape index (κ1) is 36.9. The fraction of sp³-hybridized carbons (Fsp3) is 0.341. The quantitative estimate of drug-likeness (QED) is 0.156. The highest BCUT2D eigenvalue weighted by atomic mass is 16.6. The van der Waals surface area contributed by atoms with Crippen molar-refractivity contribution in [1.29, 1.82) is 5.26 Å². The van der Waals surface area contributed by atoms with Crippen LogP contribution >= 0.6 is 0 Å². The predicted octanol–water partition coefficient (Wildman–Crippen LogP) is 6.56. The number of hydrogen-bond donors (Lipinski definition) is 3. The fourth-order valence-electron chi connectivity index (χ4n) is 7.27. The number of hydrogen-bond acceptors (Lipinski definition) is 10. The molecule has 1 saturated heterocycles. The first-order valence-corrected chi connectivity index (χ1v) is 18.8. The summed E-state index contributed by atoms with van der Waals surface area (Å²) in [5, 5.41) is 27.9. The molecule has 0 unspecified atom stereocenters. The van der Waals surface area contributed by atoms with Gasteiger partial charge in [-0.2, -0.15) is 15.5 Å². The van der Waals surface area contributed by atoms with Gasteiger partial charge in [0.05, 0.1) is 53.1 Å². The molecule has 14 heteroatoms. The maximum atomic E-state index is 12.0. The van der Waals surface area contributed by atoms with Gasteiger partial charge in [-0.05, 0) is 94.0 Å². The van der Waals surface area contributed by atoms with Crippen molar-refractivity contribution in [2.75, 3.05) is 30.3 Å². The molecule has 1 aliphatic carbocycles. The zero-order chi connectivity index (χ0) is 38.1. The topological polar surface area (TPSA) is 167 Å². The molecule has 0 spiro atoms. The minimum Gasteiger partial charge on any atom is -0.450 e. The molecule has 14 nitrogen and oxygen atoms in total. The number of likely N-dealkylation sites (tertiary alicyclic amines) is 1. The zero-order valence-electron chi connectivity index (χ0n) is 31.1. The molecule has 2 fully saturated rings. The monoisotopic (exact) mass is 739 g/mol. The SMILES string of the molecule is CC(=O)NC1CCC(Nc2cccc(-c3cnn4ccccc34)n2)CC1.CCOC(=O)N1CCC[C@H](Nc2cccc(-c3cnn4ccc(C#N)cc34)n2)C1. The van der Waals surface area contributed by atoms with E-state index in [9.17, 15) is 14.9 Å². The van der Waals surface area contributed by atoms with Crippen LogP contribution in [0.3, 0.4) is 0 Å². The highest BCUT2D eigenvalue weighted by molar-refractivity contribution is 5.79. The number of fused-ring (bicyclic) bond motifs is 2. The highest BCUT2D eigenvalue weighted by Crippen LogP contribution is 2.27. The van der Waals surface area contributed by atoms with E-state index in [1.54, 1.807) is 34.8 Å². The van der Waals surface area contributed by atoms with E-state index in [0.717, 1.165) is 83.7 Å². The normalized spacial score (nSPS) is 18.1. The number of anilines is 2. The minimum atomic E-state index is -0.264. The Balaban J connectivity index is 0.000000170. The number of nitrogens with zero attached hydrogens (tertiary/aromatic N) is 8. The maximum Gasteiger partial charge on any atom is 0.409 e. The van der Waals surface area contributed by atoms with Crippen molar-refractivity contribution in [3.63, 3.8) is 0 Å². The molecule has 7 heterocycles. The van der Waals surface area contributed by atoms with Crippen LogP contribution < -0.4 is 16.0 Å². The third-order valence-corrected chi connectivity index (χ3v) is 9.91. The van der Waals surface area contributed by atoms with E-state index in [4.69, 9.17) is 14.7 Å². The molecule has 0 radical (unpaired) electrons. The Morgan fingerprint density at radius 2 is 1.45 bits per heavy atom. The van der Waals surface area contributed by atoms with Crippen molar-refractivity contribution in [3.8, 4) is 28.6 Å². The summed E-state index contributed by atoms with van der Waals surface area (Å²) >= 11 is 0. The molecule has 282 valence electrons. The number of carbonyl (C=O) groups excluding carboxylic acids is 2. The van der Waals surface area contributed by atoms with Gasteiger partial charge in [0.1, 0.15) is 11.6 Å². The van der Waals surface area contributed by atoms with Crippen LogP contribution in [0.25, 0.3) is 33.5 Å². The largest absolute Gasteiger partial charge is 0.450 e. The number of nitrogens with one attached hydrogen (secondary N) is 3. The Hall–Kier alpha value is -6.49. The van der Waals surface area contributed by atoms with E-state index in [-0.39, 0.29) is 18.0 Å². The number of rotatable bonds is 8. The summed E-state index contributed by atoms with van der Waals surface area (Å²) in [6.07, 6.45) is 13.0. The predicted molar refractivity (Wildman–Crippen MR) is 210 cm³/mol. The number of aromatic nitrogens is 6. The Bertz CT molecular complexity index is 2300. The van der Waals surface area contributed by atoms with Crippen molar-refractivity contribution in [3.05, 3.63) is 97.1 Å². The molecular formula is C41H45N11O3. The van der Waals surface area contributed by atoms with Gasteiger partial charge in [0, 0.05) is 61.7 Å². The average Bonchev–Trinajstić information content (AvgIpc) is 3.84. The number of amides is 2. The number of pyridine rings is 4. The first-order valence-electron chi connectivity index (χ1n) is 18.8. The third-order valence-electron chi connectivity index (χ3n) is 9.91. The first-order chi connectivity index (χ1) is 26.9. The number of piperidine rings is 1. The standard InChI is InChI=1S/C21H22N6O2.C20H23N5O/c1-2-29-21(28)26-9-4-5-16(14-26)24-20-7-3-6-18(25-20)17-13-23-27-10-8-15(12-22)11-19(17)27;1-14(26)22-15-8-10-16(11-9-15)23-20-7-4-5-18(24-20)17-13-21-25-12-3-2-6-19(17)25/h3,6-8,10-11,13,16H,2,4-5,9,14H2,1H3,(H,24,25);2-7,12-13,15-16H,8-11H2,1H3,(H,22,26)(H,23,24)/t16-;/m0./s1. The van der Waals surface area contributed by atoms with Crippen LogP contribution in [-0.4, -0.2) is 83.9 Å². The second-order valence-electron chi connectivity index (χ2n) is 13.8. The lowest BCUT2D eigenvalue weighted by Crippen LogP contribution is -2.45. The molecule has 2 amide bonds. The third kappa shape index (κ3) is 9.01. The summed E-state index contributed by atoms with van der Waals surface area (Å²) in [6, 6.07) is 24.4. The maximum absolute atomic E-state index is 12.0. The number of ether oxygens (including phenoxy) is 1.